The molecule has 96 valence electrons. The van der Waals surface area contributed by atoms with Crippen LogP contribution in [-0.4, -0.2) is 15.0 Å². The van der Waals surface area contributed by atoms with Crippen LogP contribution >= 0.6 is 11.6 Å². The van der Waals surface area contributed by atoms with Gasteiger partial charge in [0.2, 0.25) is 0 Å². The molecule has 0 amide bonds. The first-order valence-electron chi connectivity index (χ1n) is 4.90. The van der Waals surface area contributed by atoms with Gasteiger partial charge in [0, 0.05) is 6.54 Å². The van der Waals surface area contributed by atoms with Gasteiger partial charge in [-0.2, -0.15) is 13.2 Å². The second kappa shape index (κ2) is 4.58. The number of benzene rings is 1. The van der Waals surface area contributed by atoms with E-state index in [-0.39, 0.29) is 17.3 Å². The van der Waals surface area contributed by atoms with Crippen molar-refractivity contribution in [3.05, 3.63) is 40.7 Å². The molecule has 0 saturated carbocycles. The molecule has 0 aliphatic heterocycles. The van der Waals surface area contributed by atoms with Crippen LogP contribution in [0.2, 0.25) is 5.02 Å². The molecule has 2 N–H and O–H groups in total. The molecule has 4 nitrogen and oxygen atoms in total. The third-order valence-electron chi connectivity index (χ3n) is 2.33. The van der Waals surface area contributed by atoms with Gasteiger partial charge in [0.25, 0.3) is 0 Å². The molecule has 0 unspecified atom stereocenters. The topological polar surface area (TPSA) is 56.7 Å². The maximum atomic E-state index is 12.6. The molecule has 1 heterocycles. The Morgan fingerprint density at radius 1 is 1.33 bits per heavy atom. The lowest BCUT2D eigenvalue weighted by molar-refractivity contribution is -0.137. The largest absolute Gasteiger partial charge is 0.416 e. The zero-order chi connectivity index (χ0) is 13.3. The number of halogens is 4. The van der Waals surface area contributed by atoms with E-state index in [0.717, 1.165) is 12.1 Å². The molecule has 0 radical (unpaired) electrons. The van der Waals surface area contributed by atoms with Crippen molar-refractivity contribution in [2.75, 3.05) is 0 Å². The number of alkyl halides is 3. The number of aromatic nitrogens is 3. The van der Waals surface area contributed by atoms with Gasteiger partial charge in [-0.05, 0) is 18.2 Å². The van der Waals surface area contributed by atoms with E-state index in [2.05, 4.69) is 10.3 Å². The van der Waals surface area contributed by atoms with Crippen LogP contribution in [-0.2, 0) is 12.7 Å². The van der Waals surface area contributed by atoms with Gasteiger partial charge in [-0.3, -0.25) is 0 Å². The molecule has 1 aromatic heterocycles. The Morgan fingerprint density at radius 2 is 2.06 bits per heavy atom. The van der Waals surface area contributed by atoms with Crippen molar-refractivity contribution in [2.45, 2.75) is 12.7 Å². The van der Waals surface area contributed by atoms with Crippen LogP contribution in [0.1, 0.15) is 11.3 Å². The maximum absolute atomic E-state index is 12.6. The summed E-state index contributed by atoms with van der Waals surface area (Å²) in [4.78, 5) is 0. The van der Waals surface area contributed by atoms with Crippen molar-refractivity contribution in [2.24, 2.45) is 5.73 Å². The molecular formula is C10H8ClF3N4. The van der Waals surface area contributed by atoms with E-state index in [1.807, 2.05) is 0 Å². The van der Waals surface area contributed by atoms with Gasteiger partial charge in [0.1, 0.15) is 0 Å². The Bertz CT molecular complexity index is 564. The Hall–Kier alpha value is -1.60. The van der Waals surface area contributed by atoms with Crippen LogP contribution in [0.25, 0.3) is 5.69 Å². The van der Waals surface area contributed by atoms with Gasteiger partial charge in [-0.1, -0.05) is 16.8 Å². The third-order valence-corrected chi connectivity index (χ3v) is 2.65. The van der Waals surface area contributed by atoms with Crippen molar-refractivity contribution < 1.29 is 13.2 Å². The second-order valence-electron chi connectivity index (χ2n) is 3.51. The summed E-state index contributed by atoms with van der Waals surface area (Å²) in [5, 5.41) is 7.41. The summed E-state index contributed by atoms with van der Waals surface area (Å²) in [6, 6.07) is 2.99. The first-order valence-corrected chi connectivity index (χ1v) is 5.28. The SMILES string of the molecule is NCc1cnnn1-c1cc(C(F)(F)F)ccc1Cl. The number of nitrogens with two attached hydrogens (primary N) is 1. The highest BCUT2D eigenvalue weighted by Crippen LogP contribution is 2.33. The molecule has 8 heteroatoms. The van der Waals surface area contributed by atoms with Crippen molar-refractivity contribution in [1.29, 1.82) is 0 Å². The Labute approximate surface area is 105 Å². The monoisotopic (exact) mass is 276 g/mol. The highest BCUT2D eigenvalue weighted by atomic mass is 35.5. The van der Waals surface area contributed by atoms with E-state index in [1.54, 1.807) is 0 Å². The summed E-state index contributed by atoms with van der Waals surface area (Å²) in [5.74, 6) is 0. The minimum Gasteiger partial charge on any atom is -0.325 e. The molecule has 0 fully saturated rings. The molecule has 2 rings (SSSR count). The van der Waals surface area contributed by atoms with E-state index >= 15 is 0 Å². The lowest BCUT2D eigenvalue weighted by Gasteiger charge is -2.11. The second-order valence-corrected chi connectivity index (χ2v) is 3.91. The van der Waals surface area contributed by atoms with Crippen LogP contribution in [0.5, 0.6) is 0 Å². The van der Waals surface area contributed by atoms with Gasteiger partial charge >= 0.3 is 6.18 Å². The quantitative estimate of drug-likeness (QED) is 0.916. The zero-order valence-corrected chi connectivity index (χ0v) is 9.70. The van der Waals surface area contributed by atoms with E-state index in [4.69, 9.17) is 17.3 Å². The molecule has 0 atom stereocenters. The van der Waals surface area contributed by atoms with Crippen LogP contribution in [0.4, 0.5) is 13.2 Å². The van der Waals surface area contributed by atoms with Gasteiger partial charge in [0.15, 0.2) is 0 Å². The fraction of sp³-hybridized carbons (Fsp3) is 0.200. The standard InChI is InChI=1S/C10H8ClF3N4/c11-8-2-1-6(10(12,13)14)3-9(8)18-7(4-15)5-16-17-18/h1-3,5H,4,15H2. The first-order chi connectivity index (χ1) is 8.43. The van der Waals surface area contributed by atoms with Gasteiger partial charge < -0.3 is 5.73 Å². The summed E-state index contributed by atoms with van der Waals surface area (Å²) in [5.41, 5.74) is 5.21. The summed E-state index contributed by atoms with van der Waals surface area (Å²) >= 11 is 5.87. The minimum absolute atomic E-state index is 0.0968. The third kappa shape index (κ3) is 2.32. The summed E-state index contributed by atoms with van der Waals surface area (Å²) < 4.78 is 39.0. The fourth-order valence-electron chi connectivity index (χ4n) is 1.45. The Morgan fingerprint density at radius 3 is 2.67 bits per heavy atom. The molecule has 18 heavy (non-hydrogen) atoms. The Kier molecular flexibility index (Phi) is 3.27. The van der Waals surface area contributed by atoms with Crippen LogP contribution < -0.4 is 5.73 Å². The van der Waals surface area contributed by atoms with Gasteiger partial charge in [-0.15, -0.1) is 5.10 Å². The molecule has 0 aliphatic rings. The number of hydrogen-bond acceptors (Lipinski definition) is 3. The molecular weight excluding hydrogens is 269 g/mol. The van der Waals surface area contributed by atoms with Crippen molar-refractivity contribution >= 4 is 11.6 Å². The van der Waals surface area contributed by atoms with E-state index in [9.17, 15) is 13.2 Å². The number of rotatable bonds is 2. The van der Waals surface area contributed by atoms with Crippen LogP contribution in [0, 0.1) is 0 Å². The van der Waals surface area contributed by atoms with Gasteiger partial charge in [0.05, 0.1) is 28.2 Å². The predicted octanol–water partition coefficient (Wildman–Crippen LogP) is 2.40. The summed E-state index contributed by atoms with van der Waals surface area (Å²) in [6.45, 7) is 0.0968. The zero-order valence-electron chi connectivity index (χ0n) is 8.95. The number of nitrogens with zero attached hydrogens (tertiary/aromatic N) is 3. The van der Waals surface area contributed by atoms with Crippen molar-refractivity contribution in [3.8, 4) is 5.69 Å². The van der Waals surface area contributed by atoms with Crippen LogP contribution in [0.3, 0.4) is 0 Å². The van der Waals surface area contributed by atoms with Crippen molar-refractivity contribution in [1.82, 2.24) is 15.0 Å². The van der Waals surface area contributed by atoms with E-state index in [1.165, 1.54) is 16.9 Å². The molecule has 0 spiro atoms. The summed E-state index contributed by atoms with van der Waals surface area (Å²) in [7, 11) is 0. The first kappa shape index (κ1) is 12.8. The van der Waals surface area contributed by atoms with E-state index in [0.29, 0.717) is 5.69 Å². The van der Waals surface area contributed by atoms with Gasteiger partial charge in [-0.25, -0.2) is 4.68 Å². The molecule has 0 aliphatic carbocycles. The molecule has 0 saturated heterocycles. The normalized spacial score (nSPS) is 11.8. The molecule has 1 aromatic carbocycles. The number of hydrogen-bond donors (Lipinski definition) is 1. The molecule has 2 aromatic rings. The smallest absolute Gasteiger partial charge is 0.325 e. The lowest BCUT2D eigenvalue weighted by Crippen LogP contribution is -2.10. The summed E-state index contributed by atoms with van der Waals surface area (Å²) in [6.07, 6.45) is -3.07. The van der Waals surface area contributed by atoms with Crippen molar-refractivity contribution in [3.63, 3.8) is 0 Å². The highest BCUT2D eigenvalue weighted by molar-refractivity contribution is 6.32. The Balaban J connectivity index is 2.57. The fourth-order valence-corrected chi connectivity index (χ4v) is 1.65. The average molecular weight is 277 g/mol. The minimum atomic E-state index is -4.44. The lowest BCUT2D eigenvalue weighted by atomic mass is 10.2. The van der Waals surface area contributed by atoms with Crippen LogP contribution in [0.15, 0.2) is 24.4 Å². The van der Waals surface area contributed by atoms with E-state index < -0.39 is 11.7 Å². The predicted molar refractivity (Wildman–Crippen MR) is 59.3 cm³/mol. The maximum Gasteiger partial charge on any atom is 0.416 e. The highest BCUT2D eigenvalue weighted by Gasteiger charge is 2.31. The average Bonchev–Trinajstić information content (AvgIpc) is 2.76. The molecule has 0 bridgehead atoms.